The molecule has 1 amide bonds. The van der Waals surface area contributed by atoms with Crippen LogP contribution in [0.1, 0.15) is 39.7 Å². The molecule has 0 atom stereocenters. The maximum atomic E-state index is 15.0. The van der Waals surface area contributed by atoms with Gasteiger partial charge in [-0.3, -0.25) is 4.79 Å². The Hall–Kier alpha value is -1.64. The molecule has 0 unspecified atom stereocenters. The van der Waals surface area contributed by atoms with E-state index in [0.717, 1.165) is 0 Å². The molecule has 1 fully saturated rings. The Labute approximate surface area is 141 Å². The molecular formula is C16H24BFN2O4. The van der Waals surface area contributed by atoms with E-state index in [1.807, 2.05) is 27.7 Å². The first-order valence-electron chi connectivity index (χ1n) is 7.71. The smallest absolute Gasteiger partial charge is 0.496 e. The molecular weight excluding hydrogens is 314 g/mol. The molecule has 3 rings (SSSR count). The van der Waals surface area contributed by atoms with Crippen molar-refractivity contribution in [2.45, 2.75) is 51.7 Å². The Morgan fingerprint density at radius 2 is 1.79 bits per heavy atom. The molecule has 8 heteroatoms. The Balaban J connectivity index is 0.00000208. The van der Waals surface area contributed by atoms with E-state index < -0.39 is 24.1 Å². The Morgan fingerprint density at radius 1 is 1.21 bits per heavy atom. The number of fused-ring (bicyclic) bond motifs is 1. The molecule has 2 heterocycles. The fraction of sp³-hybridized carbons (Fsp3) is 0.562. The van der Waals surface area contributed by atoms with Crippen LogP contribution >= 0.6 is 0 Å². The molecule has 0 bridgehead atoms. The van der Waals surface area contributed by atoms with Gasteiger partial charge in [0.2, 0.25) is 5.91 Å². The van der Waals surface area contributed by atoms with Crippen molar-refractivity contribution in [3.8, 4) is 5.75 Å². The molecule has 2 aliphatic rings. The monoisotopic (exact) mass is 338 g/mol. The number of hydrogen-bond acceptors (Lipinski definition) is 5. The molecule has 4 N–H and O–H groups in total. The molecule has 0 saturated carbocycles. The lowest BCUT2D eigenvalue weighted by Gasteiger charge is -2.32. The van der Waals surface area contributed by atoms with Crippen molar-refractivity contribution in [2.75, 3.05) is 12.4 Å². The lowest BCUT2D eigenvalue weighted by atomic mass is 9.77. The molecule has 0 spiro atoms. The van der Waals surface area contributed by atoms with Gasteiger partial charge < -0.3 is 25.5 Å². The summed E-state index contributed by atoms with van der Waals surface area (Å²) >= 11 is 0. The minimum Gasteiger partial charge on any atom is -0.496 e. The summed E-state index contributed by atoms with van der Waals surface area (Å²) in [5.41, 5.74) is -0.0656. The van der Waals surface area contributed by atoms with Crippen LogP contribution in [0.25, 0.3) is 0 Å². The van der Waals surface area contributed by atoms with Crippen LogP contribution in [0, 0.1) is 5.82 Å². The van der Waals surface area contributed by atoms with Gasteiger partial charge in [-0.1, -0.05) is 0 Å². The van der Waals surface area contributed by atoms with E-state index in [9.17, 15) is 9.18 Å². The van der Waals surface area contributed by atoms with Crippen LogP contribution in [0.15, 0.2) is 6.07 Å². The van der Waals surface area contributed by atoms with Gasteiger partial charge in [0.1, 0.15) is 11.6 Å². The van der Waals surface area contributed by atoms with Gasteiger partial charge >= 0.3 is 7.12 Å². The van der Waals surface area contributed by atoms with Crippen molar-refractivity contribution in [1.29, 1.82) is 0 Å². The van der Waals surface area contributed by atoms with Gasteiger partial charge in [-0.05, 0) is 40.2 Å². The molecule has 0 aromatic heterocycles. The van der Waals surface area contributed by atoms with Gasteiger partial charge in [0, 0.05) is 17.4 Å². The first-order chi connectivity index (χ1) is 10.7. The lowest BCUT2D eigenvalue weighted by molar-refractivity contribution is -0.116. The van der Waals surface area contributed by atoms with Crippen molar-refractivity contribution >= 4 is 24.2 Å². The number of nitrogens with one attached hydrogen (secondary N) is 1. The van der Waals surface area contributed by atoms with Crippen LogP contribution < -0.4 is 21.7 Å². The first kappa shape index (κ1) is 18.7. The normalized spacial score (nSPS) is 20.9. The highest BCUT2D eigenvalue weighted by Crippen LogP contribution is 2.39. The Morgan fingerprint density at radius 3 is 2.33 bits per heavy atom. The number of halogens is 1. The highest BCUT2D eigenvalue weighted by Gasteiger charge is 2.53. The van der Waals surface area contributed by atoms with Crippen LogP contribution in [-0.2, 0) is 20.5 Å². The van der Waals surface area contributed by atoms with Crippen molar-refractivity contribution in [3.05, 3.63) is 17.4 Å². The maximum absolute atomic E-state index is 15.0. The number of carbonyl (C=O) groups excluding carboxylic acids is 1. The fourth-order valence-electron chi connectivity index (χ4n) is 2.83. The number of carbonyl (C=O) groups is 1. The minimum absolute atomic E-state index is 0. The number of rotatable bonds is 2. The van der Waals surface area contributed by atoms with Crippen molar-refractivity contribution in [3.63, 3.8) is 0 Å². The summed E-state index contributed by atoms with van der Waals surface area (Å²) in [5.74, 6) is -0.192. The predicted octanol–water partition coefficient (Wildman–Crippen LogP) is 2.18. The summed E-state index contributed by atoms with van der Waals surface area (Å²) in [7, 11) is 0.677. The van der Waals surface area contributed by atoms with Gasteiger partial charge in [-0.25, -0.2) is 4.39 Å². The van der Waals surface area contributed by atoms with E-state index in [2.05, 4.69) is 5.32 Å². The number of amides is 1. The summed E-state index contributed by atoms with van der Waals surface area (Å²) in [4.78, 5) is 11.6. The molecule has 2 aliphatic heterocycles. The summed E-state index contributed by atoms with van der Waals surface area (Å²) in [6.07, 6.45) is 0.767. The van der Waals surface area contributed by atoms with E-state index in [-0.39, 0.29) is 23.2 Å². The zero-order chi connectivity index (χ0) is 17.0. The average Bonchev–Trinajstić information content (AvgIpc) is 2.68. The Bertz CT molecular complexity index is 663. The number of ether oxygens (including phenoxy) is 1. The SMILES string of the molecule is COc1cc(B2OC(C)(C)C(C)(C)O2)c(F)c2c1CCC(=O)N2.N. The van der Waals surface area contributed by atoms with Crippen LogP contribution in [0.2, 0.25) is 0 Å². The van der Waals surface area contributed by atoms with E-state index in [1.165, 1.54) is 7.11 Å². The summed E-state index contributed by atoms with van der Waals surface area (Å²) < 4.78 is 32.2. The topological polar surface area (TPSA) is 91.8 Å². The van der Waals surface area contributed by atoms with E-state index in [4.69, 9.17) is 14.0 Å². The molecule has 0 aliphatic carbocycles. The zero-order valence-electron chi connectivity index (χ0n) is 14.8. The van der Waals surface area contributed by atoms with Crippen molar-refractivity contribution in [1.82, 2.24) is 6.15 Å². The summed E-state index contributed by atoms with van der Waals surface area (Å²) in [6, 6.07) is 1.60. The van der Waals surface area contributed by atoms with Gasteiger partial charge in [0.05, 0.1) is 24.0 Å². The number of benzene rings is 1. The van der Waals surface area contributed by atoms with Gasteiger partial charge in [-0.2, -0.15) is 0 Å². The van der Waals surface area contributed by atoms with Crippen molar-refractivity contribution < 1.29 is 23.2 Å². The predicted molar refractivity (Wildman–Crippen MR) is 90.6 cm³/mol. The Kier molecular flexibility index (Phi) is 4.69. The van der Waals surface area contributed by atoms with E-state index in [1.54, 1.807) is 6.07 Å². The minimum atomic E-state index is -0.849. The molecule has 24 heavy (non-hydrogen) atoms. The van der Waals surface area contributed by atoms with Gasteiger partial charge in [0.25, 0.3) is 0 Å². The molecule has 1 aromatic carbocycles. The van der Waals surface area contributed by atoms with E-state index in [0.29, 0.717) is 24.2 Å². The quantitative estimate of drug-likeness (QED) is 0.807. The standard InChI is InChI=1S/C16H21BFNO4.H3N/c1-15(2)16(3,4)23-17(22-15)10-8-11(21-5)9-6-7-12(20)19-14(9)13(10)18;/h8H,6-7H2,1-5H3,(H,19,20);1H3. The van der Waals surface area contributed by atoms with E-state index >= 15 is 0 Å². The van der Waals surface area contributed by atoms with Crippen LogP contribution in [0.5, 0.6) is 5.75 Å². The van der Waals surface area contributed by atoms with Crippen LogP contribution in [0.4, 0.5) is 10.1 Å². The van der Waals surface area contributed by atoms with Gasteiger partial charge in [-0.15, -0.1) is 0 Å². The van der Waals surface area contributed by atoms with Gasteiger partial charge in [0.15, 0.2) is 0 Å². The molecule has 132 valence electrons. The molecule has 1 aromatic rings. The molecule has 1 saturated heterocycles. The largest absolute Gasteiger partial charge is 0.498 e. The lowest BCUT2D eigenvalue weighted by Crippen LogP contribution is -2.41. The van der Waals surface area contributed by atoms with Crippen LogP contribution in [-0.4, -0.2) is 31.3 Å². The fourth-order valence-corrected chi connectivity index (χ4v) is 2.83. The zero-order valence-corrected chi connectivity index (χ0v) is 14.8. The number of anilines is 1. The van der Waals surface area contributed by atoms with Crippen molar-refractivity contribution in [2.24, 2.45) is 0 Å². The summed E-state index contributed by atoms with van der Waals surface area (Å²) in [6.45, 7) is 7.62. The highest BCUT2D eigenvalue weighted by molar-refractivity contribution is 6.62. The third-order valence-corrected chi connectivity index (χ3v) is 4.95. The number of methoxy groups -OCH3 is 1. The molecule has 0 radical (unpaired) electrons. The second-order valence-electron chi connectivity index (χ2n) is 6.97. The maximum Gasteiger partial charge on any atom is 0.498 e. The average molecular weight is 338 g/mol. The first-order valence-corrected chi connectivity index (χ1v) is 7.71. The molecule has 6 nitrogen and oxygen atoms in total. The van der Waals surface area contributed by atoms with Crippen LogP contribution in [0.3, 0.4) is 0 Å². The number of hydrogen-bond donors (Lipinski definition) is 2. The third kappa shape index (κ3) is 2.79. The summed E-state index contributed by atoms with van der Waals surface area (Å²) in [5, 5.41) is 2.60. The second kappa shape index (κ2) is 6.02. The second-order valence-corrected chi connectivity index (χ2v) is 6.97. The highest BCUT2D eigenvalue weighted by atomic mass is 19.1. The third-order valence-electron chi connectivity index (χ3n) is 4.95.